The van der Waals surface area contributed by atoms with Crippen LogP contribution in [-0.2, 0) is 0 Å². The SMILES string of the molecule is CCN1CC2CC2C1.CN. The number of likely N-dealkylation sites (tertiary alicyclic amines) is 1. The van der Waals surface area contributed by atoms with E-state index in [-0.39, 0.29) is 0 Å². The molecule has 2 unspecified atom stereocenters. The zero-order valence-electron chi connectivity index (χ0n) is 7.01. The average molecular weight is 142 g/mol. The number of nitrogens with two attached hydrogens (primary N) is 1. The van der Waals surface area contributed by atoms with Crippen LogP contribution in [0.25, 0.3) is 0 Å². The minimum atomic E-state index is 1.12. The van der Waals surface area contributed by atoms with E-state index in [0.717, 1.165) is 11.8 Å². The summed E-state index contributed by atoms with van der Waals surface area (Å²) in [5, 5.41) is 0. The molecule has 2 rings (SSSR count). The van der Waals surface area contributed by atoms with Crippen molar-refractivity contribution in [2.45, 2.75) is 13.3 Å². The Morgan fingerprint density at radius 3 is 2.10 bits per heavy atom. The number of piperidine rings is 1. The van der Waals surface area contributed by atoms with Gasteiger partial charge in [-0.2, -0.15) is 0 Å². The summed E-state index contributed by atoms with van der Waals surface area (Å²) in [6, 6.07) is 0. The van der Waals surface area contributed by atoms with Crippen molar-refractivity contribution in [2.24, 2.45) is 17.6 Å². The third kappa shape index (κ3) is 1.50. The quantitative estimate of drug-likeness (QED) is 0.579. The highest BCUT2D eigenvalue weighted by molar-refractivity contribution is 4.96. The van der Waals surface area contributed by atoms with Gasteiger partial charge >= 0.3 is 0 Å². The molecule has 0 spiro atoms. The molecule has 1 saturated carbocycles. The van der Waals surface area contributed by atoms with Gasteiger partial charge in [-0.05, 0) is 31.8 Å². The van der Waals surface area contributed by atoms with E-state index in [9.17, 15) is 0 Å². The molecule has 0 aromatic rings. The molecule has 0 bridgehead atoms. The molecule has 60 valence electrons. The van der Waals surface area contributed by atoms with Crippen LogP contribution in [0.1, 0.15) is 13.3 Å². The first-order chi connectivity index (χ1) is 4.90. The molecule has 2 fully saturated rings. The molecule has 0 radical (unpaired) electrons. The van der Waals surface area contributed by atoms with E-state index in [1.165, 1.54) is 33.1 Å². The topological polar surface area (TPSA) is 29.3 Å². The minimum absolute atomic E-state index is 1.12. The maximum Gasteiger partial charge on any atom is 0.00129 e. The summed E-state index contributed by atoms with van der Waals surface area (Å²) < 4.78 is 0. The maximum absolute atomic E-state index is 4.50. The van der Waals surface area contributed by atoms with Crippen molar-refractivity contribution < 1.29 is 0 Å². The van der Waals surface area contributed by atoms with Crippen LogP contribution in [0, 0.1) is 11.8 Å². The highest BCUT2D eigenvalue weighted by Crippen LogP contribution is 2.44. The Labute approximate surface area is 63.4 Å². The van der Waals surface area contributed by atoms with Crippen LogP contribution in [0.5, 0.6) is 0 Å². The smallest absolute Gasteiger partial charge is 0.00129 e. The van der Waals surface area contributed by atoms with Crippen LogP contribution < -0.4 is 5.73 Å². The lowest BCUT2D eigenvalue weighted by molar-refractivity contribution is 0.322. The lowest BCUT2D eigenvalue weighted by Crippen LogP contribution is -2.21. The molecule has 2 N–H and O–H groups in total. The second-order valence-electron chi connectivity index (χ2n) is 3.11. The van der Waals surface area contributed by atoms with E-state index in [4.69, 9.17) is 0 Å². The molecule has 1 aliphatic carbocycles. The fraction of sp³-hybridized carbons (Fsp3) is 1.00. The Morgan fingerprint density at radius 1 is 1.30 bits per heavy atom. The largest absolute Gasteiger partial charge is 0.333 e. The molecular weight excluding hydrogens is 124 g/mol. The molecule has 2 atom stereocenters. The van der Waals surface area contributed by atoms with Gasteiger partial charge in [0.25, 0.3) is 0 Å². The lowest BCUT2D eigenvalue weighted by Gasteiger charge is -2.12. The lowest BCUT2D eigenvalue weighted by atomic mass is 10.4. The van der Waals surface area contributed by atoms with Gasteiger partial charge in [0.15, 0.2) is 0 Å². The first-order valence-electron chi connectivity index (χ1n) is 4.20. The Balaban J connectivity index is 0.000000231. The van der Waals surface area contributed by atoms with Gasteiger partial charge < -0.3 is 10.6 Å². The third-order valence-electron chi connectivity index (χ3n) is 2.50. The molecule has 0 amide bonds. The Bertz CT molecular complexity index is 93.4. The van der Waals surface area contributed by atoms with E-state index in [1.807, 2.05) is 0 Å². The van der Waals surface area contributed by atoms with Gasteiger partial charge in [-0.25, -0.2) is 0 Å². The van der Waals surface area contributed by atoms with E-state index in [2.05, 4.69) is 17.6 Å². The first-order valence-corrected chi connectivity index (χ1v) is 4.20. The van der Waals surface area contributed by atoms with Crippen molar-refractivity contribution >= 4 is 0 Å². The van der Waals surface area contributed by atoms with Gasteiger partial charge in [-0.1, -0.05) is 6.92 Å². The van der Waals surface area contributed by atoms with E-state index < -0.39 is 0 Å². The first kappa shape index (κ1) is 8.02. The highest BCUT2D eigenvalue weighted by Gasteiger charge is 2.44. The molecule has 1 saturated heterocycles. The van der Waals surface area contributed by atoms with Crippen molar-refractivity contribution in [3.8, 4) is 0 Å². The number of nitrogens with zero attached hydrogens (tertiary/aromatic N) is 1. The van der Waals surface area contributed by atoms with Gasteiger partial charge in [0, 0.05) is 13.1 Å². The minimum Gasteiger partial charge on any atom is -0.333 e. The van der Waals surface area contributed by atoms with E-state index >= 15 is 0 Å². The molecular formula is C8H18N2. The van der Waals surface area contributed by atoms with Gasteiger partial charge in [0.2, 0.25) is 0 Å². The Kier molecular flexibility index (Phi) is 2.69. The molecule has 10 heavy (non-hydrogen) atoms. The standard InChI is InChI=1S/C7H13N.CH5N/c1-2-8-4-6-3-7(6)5-8;1-2/h6-7H,2-5H2,1H3;2H2,1H3. The van der Waals surface area contributed by atoms with E-state index in [1.54, 1.807) is 0 Å². The summed E-state index contributed by atoms with van der Waals surface area (Å²) in [4.78, 5) is 2.55. The predicted octanol–water partition coefficient (Wildman–Crippen LogP) is 0.533. The summed E-state index contributed by atoms with van der Waals surface area (Å²) >= 11 is 0. The zero-order valence-corrected chi connectivity index (χ0v) is 7.01. The monoisotopic (exact) mass is 142 g/mol. The van der Waals surface area contributed by atoms with Crippen molar-refractivity contribution in [1.82, 2.24) is 4.90 Å². The van der Waals surface area contributed by atoms with Crippen molar-refractivity contribution in [2.75, 3.05) is 26.7 Å². The van der Waals surface area contributed by atoms with Gasteiger partial charge in [-0.3, -0.25) is 0 Å². The summed E-state index contributed by atoms with van der Waals surface area (Å²) in [6.07, 6.45) is 1.54. The second kappa shape index (κ2) is 3.35. The number of hydrogen-bond acceptors (Lipinski definition) is 2. The Morgan fingerprint density at radius 2 is 1.80 bits per heavy atom. The summed E-state index contributed by atoms with van der Waals surface area (Å²) in [5.74, 6) is 2.24. The van der Waals surface area contributed by atoms with Crippen molar-refractivity contribution in [3.63, 3.8) is 0 Å². The number of rotatable bonds is 1. The molecule has 2 aliphatic rings. The van der Waals surface area contributed by atoms with Gasteiger partial charge in [-0.15, -0.1) is 0 Å². The molecule has 0 aromatic heterocycles. The van der Waals surface area contributed by atoms with Crippen LogP contribution in [0.2, 0.25) is 0 Å². The maximum atomic E-state index is 4.50. The third-order valence-corrected chi connectivity index (χ3v) is 2.50. The average Bonchev–Trinajstić information content (AvgIpc) is 2.63. The number of fused-ring (bicyclic) bond motifs is 1. The van der Waals surface area contributed by atoms with Crippen LogP contribution in [0.3, 0.4) is 0 Å². The van der Waals surface area contributed by atoms with Gasteiger partial charge in [0.1, 0.15) is 0 Å². The van der Waals surface area contributed by atoms with Crippen LogP contribution >= 0.6 is 0 Å². The van der Waals surface area contributed by atoms with Crippen molar-refractivity contribution in [3.05, 3.63) is 0 Å². The normalized spacial score (nSPS) is 36.3. The van der Waals surface area contributed by atoms with Crippen LogP contribution in [0.15, 0.2) is 0 Å². The highest BCUT2D eigenvalue weighted by atomic mass is 15.2. The van der Waals surface area contributed by atoms with Crippen LogP contribution in [-0.4, -0.2) is 31.6 Å². The van der Waals surface area contributed by atoms with E-state index in [0.29, 0.717) is 0 Å². The Hall–Kier alpha value is -0.0800. The molecule has 2 heteroatoms. The fourth-order valence-corrected chi connectivity index (χ4v) is 1.75. The fourth-order valence-electron chi connectivity index (χ4n) is 1.75. The van der Waals surface area contributed by atoms with Gasteiger partial charge in [0.05, 0.1) is 0 Å². The molecule has 1 aliphatic heterocycles. The summed E-state index contributed by atoms with van der Waals surface area (Å²) in [5.41, 5.74) is 4.50. The summed E-state index contributed by atoms with van der Waals surface area (Å²) in [7, 11) is 1.50. The molecule has 0 aromatic carbocycles. The van der Waals surface area contributed by atoms with Crippen LogP contribution in [0.4, 0.5) is 0 Å². The predicted molar refractivity (Wildman–Crippen MR) is 43.8 cm³/mol. The zero-order chi connectivity index (χ0) is 7.56. The van der Waals surface area contributed by atoms with Crippen molar-refractivity contribution in [1.29, 1.82) is 0 Å². The number of hydrogen-bond donors (Lipinski definition) is 1. The second-order valence-corrected chi connectivity index (χ2v) is 3.11. The summed E-state index contributed by atoms with van der Waals surface area (Å²) in [6.45, 7) is 6.33. The molecule has 2 nitrogen and oxygen atoms in total. The molecule has 1 heterocycles.